The van der Waals surface area contributed by atoms with Gasteiger partial charge in [0.05, 0.1) is 16.8 Å². The zero-order valence-electron chi connectivity index (χ0n) is 30.2. The summed E-state index contributed by atoms with van der Waals surface area (Å²) in [5, 5.41) is 4.92. The van der Waals surface area contributed by atoms with Gasteiger partial charge in [-0.2, -0.15) is 0 Å². The van der Waals surface area contributed by atoms with Crippen LogP contribution in [0.3, 0.4) is 0 Å². The SMILES string of the molecule is CC(C)(C)c1cc(C(C)(C)C)c2oc3cccc(N(c4ccc5sc6ccccc6c5c4)c4cccc5c4C(C)(C)c4ccccc4-5)c3c2c1. The molecule has 1 aliphatic rings. The Balaban J connectivity index is 1.41. The molecule has 0 spiro atoms. The molecule has 3 heteroatoms. The predicted molar refractivity (Wildman–Crippen MR) is 216 cm³/mol. The van der Waals surface area contributed by atoms with E-state index in [0.29, 0.717) is 0 Å². The second-order valence-corrected chi connectivity index (χ2v) is 17.7. The fraction of sp³-hybridized carbons (Fsp3) is 0.234. The molecule has 0 saturated heterocycles. The van der Waals surface area contributed by atoms with Crippen molar-refractivity contribution in [2.45, 2.75) is 71.6 Å². The van der Waals surface area contributed by atoms with Crippen LogP contribution in [0.15, 0.2) is 120 Å². The largest absolute Gasteiger partial charge is 0.456 e. The molecule has 2 aromatic heterocycles. The third-order valence-corrected chi connectivity index (χ3v) is 12.1. The predicted octanol–water partition coefficient (Wildman–Crippen LogP) is 14.3. The standard InChI is InChI=1S/C47H43NOS/c1-45(2,3)28-25-34-42-37(19-14-21-39(42)49-44(34)36(26-28)46(4,5)6)48(29-23-24-41-33(27-29)31-16-10-12-22-40(31)50-41)38-20-13-17-32-30-15-9-11-18-35(30)47(7,8)43(32)38/h9-27H,1-8H3. The van der Waals surface area contributed by atoms with Crippen LogP contribution in [0, 0.1) is 0 Å². The molecule has 0 fully saturated rings. The van der Waals surface area contributed by atoms with Gasteiger partial charge in [-0.1, -0.05) is 122 Å². The van der Waals surface area contributed by atoms with Gasteiger partial charge in [-0.15, -0.1) is 11.3 Å². The van der Waals surface area contributed by atoms with Crippen LogP contribution in [0.25, 0.3) is 53.2 Å². The maximum Gasteiger partial charge on any atom is 0.139 e. The third-order valence-electron chi connectivity index (χ3n) is 10.9. The lowest BCUT2D eigenvalue weighted by molar-refractivity contribution is 0.559. The van der Waals surface area contributed by atoms with Crippen molar-refractivity contribution in [2.75, 3.05) is 4.90 Å². The topological polar surface area (TPSA) is 16.4 Å². The molecule has 0 atom stereocenters. The van der Waals surface area contributed by atoms with Crippen LogP contribution in [0.2, 0.25) is 0 Å². The average Bonchev–Trinajstić information content (AvgIpc) is 3.72. The van der Waals surface area contributed by atoms with Gasteiger partial charge < -0.3 is 9.32 Å². The Bertz CT molecular complexity index is 2650. The summed E-state index contributed by atoms with van der Waals surface area (Å²) in [5.41, 5.74) is 13.0. The van der Waals surface area contributed by atoms with E-state index in [2.05, 4.69) is 176 Å². The van der Waals surface area contributed by atoms with Crippen molar-refractivity contribution in [1.29, 1.82) is 0 Å². The number of thiophene rings is 1. The highest BCUT2D eigenvalue weighted by Crippen LogP contribution is 2.55. The van der Waals surface area contributed by atoms with E-state index in [9.17, 15) is 0 Å². The monoisotopic (exact) mass is 669 g/mol. The smallest absolute Gasteiger partial charge is 0.139 e. The molecule has 50 heavy (non-hydrogen) atoms. The molecule has 0 aliphatic heterocycles. The van der Waals surface area contributed by atoms with Crippen molar-refractivity contribution >= 4 is 70.5 Å². The number of nitrogens with zero attached hydrogens (tertiary/aromatic N) is 1. The Morgan fingerprint density at radius 1 is 0.600 bits per heavy atom. The second-order valence-electron chi connectivity index (χ2n) is 16.6. The second kappa shape index (κ2) is 10.6. The van der Waals surface area contributed by atoms with E-state index in [-0.39, 0.29) is 16.2 Å². The van der Waals surface area contributed by atoms with Crippen LogP contribution in [-0.4, -0.2) is 0 Å². The minimum Gasteiger partial charge on any atom is -0.456 e. The Labute approximate surface area is 299 Å². The quantitative estimate of drug-likeness (QED) is 0.186. The van der Waals surface area contributed by atoms with E-state index in [4.69, 9.17) is 4.42 Å². The highest BCUT2D eigenvalue weighted by molar-refractivity contribution is 7.25. The molecule has 0 saturated carbocycles. The number of anilines is 3. The van der Waals surface area contributed by atoms with E-state index >= 15 is 0 Å². The van der Waals surface area contributed by atoms with Crippen molar-refractivity contribution in [3.8, 4) is 11.1 Å². The van der Waals surface area contributed by atoms with Gasteiger partial charge in [-0.3, -0.25) is 0 Å². The van der Waals surface area contributed by atoms with E-state index in [0.717, 1.165) is 27.9 Å². The lowest BCUT2D eigenvalue weighted by Crippen LogP contribution is -2.20. The van der Waals surface area contributed by atoms with Crippen LogP contribution in [0.5, 0.6) is 0 Å². The summed E-state index contributed by atoms with van der Waals surface area (Å²) < 4.78 is 9.53. The molecule has 1 aliphatic carbocycles. The normalized spacial score (nSPS) is 14.2. The molecule has 248 valence electrons. The number of benzene rings is 6. The summed E-state index contributed by atoms with van der Waals surface area (Å²) in [5.74, 6) is 0. The van der Waals surface area contributed by atoms with Crippen LogP contribution in [0.1, 0.15) is 77.6 Å². The number of fused-ring (bicyclic) bond motifs is 9. The van der Waals surface area contributed by atoms with Gasteiger partial charge >= 0.3 is 0 Å². The molecule has 6 aromatic carbocycles. The van der Waals surface area contributed by atoms with Crippen molar-refractivity contribution in [1.82, 2.24) is 0 Å². The maximum absolute atomic E-state index is 6.92. The first-order valence-electron chi connectivity index (χ1n) is 17.8. The van der Waals surface area contributed by atoms with E-state index < -0.39 is 0 Å². The molecule has 0 amide bonds. The summed E-state index contributed by atoms with van der Waals surface area (Å²) in [6.45, 7) is 18.6. The van der Waals surface area contributed by atoms with Gasteiger partial charge in [0.15, 0.2) is 0 Å². The molecule has 2 heterocycles. The van der Waals surface area contributed by atoms with Crippen molar-refractivity contribution < 1.29 is 4.42 Å². The molecule has 0 radical (unpaired) electrons. The summed E-state index contributed by atoms with van der Waals surface area (Å²) in [6.07, 6.45) is 0. The van der Waals surface area contributed by atoms with Gasteiger partial charge in [-0.25, -0.2) is 0 Å². The minimum atomic E-state index is -0.189. The zero-order valence-corrected chi connectivity index (χ0v) is 31.0. The molecule has 8 aromatic rings. The van der Waals surface area contributed by atoms with Crippen LogP contribution in [0.4, 0.5) is 17.1 Å². The lowest BCUT2D eigenvalue weighted by Gasteiger charge is -2.32. The fourth-order valence-electron chi connectivity index (χ4n) is 8.35. The lowest BCUT2D eigenvalue weighted by atomic mass is 9.79. The van der Waals surface area contributed by atoms with Gasteiger partial charge in [0.1, 0.15) is 11.2 Å². The molecule has 0 unspecified atom stereocenters. The molecule has 2 nitrogen and oxygen atoms in total. The van der Waals surface area contributed by atoms with Crippen molar-refractivity contribution in [3.63, 3.8) is 0 Å². The molecular weight excluding hydrogens is 627 g/mol. The molecule has 0 N–H and O–H groups in total. The Kier molecular flexibility index (Phi) is 6.59. The Morgan fingerprint density at radius 2 is 1.30 bits per heavy atom. The fourth-order valence-corrected chi connectivity index (χ4v) is 9.44. The summed E-state index contributed by atoms with van der Waals surface area (Å²) >= 11 is 1.87. The van der Waals surface area contributed by atoms with Crippen LogP contribution < -0.4 is 4.90 Å². The zero-order chi connectivity index (χ0) is 34.7. The van der Waals surface area contributed by atoms with Gasteiger partial charge in [0.2, 0.25) is 0 Å². The molecular formula is C47H43NOS. The summed E-state index contributed by atoms with van der Waals surface area (Å²) in [6, 6.07) is 43.0. The van der Waals surface area contributed by atoms with Crippen molar-refractivity contribution in [3.05, 3.63) is 138 Å². The summed E-state index contributed by atoms with van der Waals surface area (Å²) in [7, 11) is 0. The van der Waals surface area contributed by atoms with E-state index in [1.807, 2.05) is 11.3 Å². The number of rotatable bonds is 3. The molecule has 0 bridgehead atoms. The van der Waals surface area contributed by atoms with E-state index in [1.54, 1.807) is 0 Å². The Hall–Kier alpha value is -4.86. The number of hydrogen-bond acceptors (Lipinski definition) is 3. The van der Waals surface area contributed by atoms with E-state index in [1.165, 1.54) is 64.6 Å². The minimum absolute atomic E-state index is 0.0203. The summed E-state index contributed by atoms with van der Waals surface area (Å²) in [4.78, 5) is 2.52. The van der Waals surface area contributed by atoms with Gasteiger partial charge in [0, 0.05) is 42.2 Å². The first-order valence-corrected chi connectivity index (χ1v) is 18.6. The highest BCUT2D eigenvalue weighted by Gasteiger charge is 2.39. The first-order chi connectivity index (χ1) is 23.8. The van der Waals surface area contributed by atoms with Crippen LogP contribution in [-0.2, 0) is 16.2 Å². The van der Waals surface area contributed by atoms with Gasteiger partial charge in [-0.05, 0) is 87.2 Å². The third kappa shape index (κ3) is 4.52. The number of furan rings is 1. The maximum atomic E-state index is 6.92. The van der Waals surface area contributed by atoms with Gasteiger partial charge in [0.25, 0.3) is 0 Å². The number of hydrogen-bond donors (Lipinski definition) is 0. The van der Waals surface area contributed by atoms with Crippen molar-refractivity contribution in [2.24, 2.45) is 0 Å². The molecule has 9 rings (SSSR count). The first kappa shape index (κ1) is 31.1. The Morgan fingerprint density at radius 3 is 2.10 bits per heavy atom. The van der Waals surface area contributed by atoms with Crippen LogP contribution >= 0.6 is 11.3 Å². The highest BCUT2D eigenvalue weighted by atomic mass is 32.1. The average molecular weight is 670 g/mol.